The summed E-state index contributed by atoms with van der Waals surface area (Å²) in [6.45, 7) is 7.62. The van der Waals surface area contributed by atoms with Gasteiger partial charge in [0.2, 0.25) is 5.91 Å². The van der Waals surface area contributed by atoms with Gasteiger partial charge in [0.1, 0.15) is 0 Å². The first-order valence-electron chi connectivity index (χ1n) is 4.80. The summed E-state index contributed by atoms with van der Waals surface area (Å²) >= 11 is 6.14. The fraction of sp³-hybridized carbons (Fsp3) is 0.900. The molecule has 0 aliphatic carbocycles. The molecule has 1 atom stereocenters. The van der Waals surface area contributed by atoms with Crippen LogP contribution in [-0.4, -0.2) is 29.3 Å². The number of carbonyl (C=O) groups is 1. The second-order valence-corrected chi connectivity index (χ2v) is 5.31. The van der Waals surface area contributed by atoms with E-state index in [4.69, 9.17) is 11.6 Å². The monoisotopic (exact) mass is 203 g/mol. The number of likely N-dealkylation sites (tertiary alicyclic amines) is 1. The molecule has 1 unspecified atom stereocenters. The van der Waals surface area contributed by atoms with Crippen LogP contribution in [0.2, 0.25) is 0 Å². The van der Waals surface area contributed by atoms with Crippen LogP contribution in [0, 0.1) is 5.41 Å². The fourth-order valence-corrected chi connectivity index (χ4v) is 2.44. The van der Waals surface area contributed by atoms with Gasteiger partial charge in [0, 0.05) is 25.4 Å². The number of nitrogens with zero attached hydrogens (tertiary/aromatic N) is 1. The molecule has 1 heterocycles. The SMILES string of the molecule is CC(=O)N1CCC(Cl)CC(C)(C)C1. The van der Waals surface area contributed by atoms with Crippen LogP contribution in [0.1, 0.15) is 33.6 Å². The van der Waals surface area contributed by atoms with Crippen molar-refractivity contribution in [3.63, 3.8) is 0 Å². The van der Waals surface area contributed by atoms with E-state index in [0.29, 0.717) is 0 Å². The van der Waals surface area contributed by atoms with Crippen LogP contribution >= 0.6 is 11.6 Å². The number of alkyl halides is 1. The molecule has 0 aromatic rings. The van der Waals surface area contributed by atoms with Gasteiger partial charge in [-0.25, -0.2) is 0 Å². The maximum atomic E-state index is 11.2. The van der Waals surface area contributed by atoms with E-state index in [9.17, 15) is 4.79 Å². The van der Waals surface area contributed by atoms with Crippen LogP contribution in [0.4, 0.5) is 0 Å². The molecule has 1 saturated heterocycles. The van der Waals surface area contributed by atoms with Crippen LogP contribution < -0.4 is 0 Å². The lowest BCUT2D eigenvalue weighted by Gasteiger charge is -2.28. The van der Waals surface area contributed by atoms with E-state index in [1.54, 1.807) is 6.92 Å². The molecule has 1 amide bonds. The maximum absolute atomic E-state index is 11.2. The summed E-state index contributed by atoms with van der Waals surface area (Å²) in [7, 11) is 0. The maximum Gasteiger partial charge on any atom is 0.219 e. The molecule has 0 saturated carbocycles. The largest absolute Gasteiger partial charge is 0.342 e. The molecular formula is C10H18ClNO. The van der Waals surface area contributed by atoms with Crippen LogP contribution in [0.5, 0.6) is 0 Å². The van der Waals surface area contributed by atoms with E-state index in [1.807, 2.05) is 4.90 Å². The van der Waals surface area contributed by atoms with E-state index in [2.05, 4.69) is 13.8 Å². The minimum Gasteiger partial charge on any atom is -0.342 e. The summed E-state index contributed by atoms with van der Waals surface area (Å²) in [4.78, 5) is 13.1. The van der Waals surface area contributed by atoms with Crippen molar-refractivity contribution in [1.29, 1.82) is 0 Å². The molecule has 1 fully saturated rings. The molecule has 1 aliphatic rings. The predicted molar refractivity (Wildman–Crippen MR) is 54.9 cm³/mol. The summed E-state index contributed by atoms with van der Waals surface area (Å²) in [5.41, 5.74) is 0.161. The highest BCUT2D eigenvalue weighted by Gasteiger charge is 2.29. The van der Waals surface area contributed by atoms with Gasteiger partial charge in [-0.1, -0.05) is 13.8 Å². The Labute approximate surface area is 85.2 Å². The van der Waals surface area contributed by atoms with E-state index in [0.717, 1.165) is 25.9 Å². The zero-order chi connectivity index (χ0) is 10.1. The van der Waals surface area contributed by atoms with Gasteiger partial charge >= 0.3 is 0 Å². The normalized spacial score (nSPS) is 28.3. The summed E-state index contributed by atoms with van der Waals surface area (Å²) in [6, 6.07) is 0. The molecule has 2 nitrogen and oxygen atoms in total. The highest BCUT2D eigenvalue weighted by Crippen LogP contribution is 2.30. The lowest BCUT2D eigenvalue weighted by atomic mass is 9.88. The molecule has 0 aromatic heterocycles. The third kappa shape index (κ3) is 3.18. The topological polar surface area (TPSA) is 20.3 Å². The smallest absolute Gasteiger partial charge is 0.219 e. The van der Waals surface area contributed by atoms with Crippen molar-refractivity contribution >= 4 is 17.5 Å². The van der Waals surface area contributed by atoms with Crippen molar-refractivity contribution in [2.24, 2.45) is 5.41 Å². The number of hydrogen-bond donors (Lipinski definition) is 0. The number of rotatable bonds is 0. The molecule has 0 bridgehead atoms. The summed E-state index contributed by atoms with van der Waals surface area (Å²) in [6.07, 6.45) is 1.92. The summed E-state index contributed by atoms with van der Waals surface area (Å²) in [5, 5.41) is 0.222. The third-order valence-corrected chi connectivity index (χ3v) is 2.92. The van der Waals surface area contributed by atoms with Gasteiger partial charge < -0.3 is 4.90 Å². The van der Waals surface area contributed by atoms with Gasteiger partial charge in [-0.15, -0.1) is 11.6 Å². The lowest BCUT2D eigenvalue weighted by molar-refractivity contribution is -0.129. The zero-order valence-corrected chi connectivity index (χ0v) is 9.40. The Morgan fingerprint density at radius 3 is 2.69 bits per heavy atom. The van der Waals surface area contributed by atoms with Gasteiger partial charge in [0.15, 0.2) is 0 Å². The molecule has 13 heavy (non-hydrogen) atoms. The highest BCUT2D eigenvalue weighted by molar-refractivity contribution is 6.20. The predicted octanol–water partition coefficient (Wildman–Crippen LogP) is 2.26. The Bertz CT molecular complexity index is 203. The standard InChI is InChI=1S/C10H18ClNO/c1-8(13)12-5-4-9(11)6-10(2,3)7-12/h9H,4-7H2,1-3H3. The van der Waals surface area contributed by atoms with Crippen LogP contribution in [0.3, 0.4) is 0 Å². The molecule has 0 spiro atoms. The molecule has 0 N–H and O–H groups in total. The van der Waals surface area contributed by atoms with Crippen LogP contribution in [-0.2, 0) is 4.79 Å². The number of hydrogen-bond acceptors (Lipinski definition) is 1. The average molecular weight is 204 g/mol. The minimum absolute atomic E-state index is 0.161. The summed E-state index contributed by atoms with van der Waals surface area (Å²) < 4.78 is 0. The highest BCUT2D eigenvalue weighted by atomic mass is 35.5. The first kappa shape index (κ1) is 10.8. The fourth-order valence-electron chi connectivity index (χ4n) is 1.93. The van der Waals surface area contributed by atoms with Crippen molar-refractivity contribution in [2.75, 3.05) is 13.1 Å². The third-order valence-electron chi connectivity index (χ3n) is 2.55. The van der Waals surface area contributed by atoms with Gasteiger partial charge in [0.25, 0.3) is 0 Å². The molecule has 0 aromatic carbocycles. The lowest BCUT2D eigenvalue weighted by Crippen LogP contribution is -2.36. The van der Waals surface area contributed by atoms with E-state index in [1.165, 1.54) is 0 Å². The second-order valence-electron chi connectivity index (χ2n) is 4.69. The minimum atomic E-state index is 0.161. The molecule has 0 radical (unpaired) electrons. The summed E-state index contributed by atoms with van der Waals surface area (Å²) in [5.74, 6) is 0.166. The number of carbonyl (C=O) groups excluding carboxylic acids is 1. The molecule has 1 rings (SSSR count). The van der Waals surface area contributed by atoms with Crippen molar-refractivity contribution < 1.29 is 4.79 Å². The van der Waals surface area contributed by atoms with Crippen molar-refractivity contribution in [3.8, 4) is 0 Å². The van der Waals surface area contributed by atoms with Gasteiger partial charge in [-0.3, -0.25) is 4.79 Å². The van der Waals surface area contributed by atoms with E-state index < -0.39 is 0 Å². The quantitative estimate of drug-likeness (QED) is 0.553. The Kier molecular flexibility index (Phi) is 3.23. The van der Waals surface area contributed by atoms with E-state index >= 15 is 0 Å². The first-order chi connectivity index (χ1) is 5.91. The van der Waals surface area contributed by atoms with Crippen molar-refractivity contribution in [3.05, 3.63) is 0 Å². The molecule has 76 valence electrons. The molecular weight excluding hydrogens is 186 g/mol. The zero-order valence-electron chi connectivity index (χ0n) is 8.64. The van der Waals surface area contributed by atoms with Gasteiger partial charge in [0.05, 0.1) is 0 Å². The Hall–Kier alpha value is -0.240. The second kappa shape index (κ2) is 3.87. The van der Waals surface area contributed by atoms with Crippen LogP contribution in [0.15, 0.2) is 0 Å². The van der Waals surface area contributed by atoms with Crippen molar-refractivity contribution in [1.82, 2.24) is 4.90 Å². The average Bonchev–Trinajstić information content (AvgIpc) is 2.07. The number of halogens is 1. The van der Waals surface area contributed by atoms with Gasteiger partial charge in [-0.05, 0) is 18.3 Å². The Morgan fingerprint density at radius 1 is 1.54 bits per heavy atom. The Morgan fingerprint density at radius 2 is 2.15 bits per heavy atom. The number of amides is 1. The molecule has 3 heteroatoms. The molecule has 1 aliphatic heterocycles. The van der Waals surface area contributed by atoms with E-state index in [-0.39, 0.29) is 16.7 Å². The van der Waals surface area contributed by atoms with Crippen LogP contribution in [0.25, 0.3) is 0 Å². The first-order valence-corrected chi connectivity index (χ1v) is 5.24. The van der Waals surface area contributed by atoms with Crippen molar-refractivity contribution in [2.45, 2.75) is 39.0 Å². The Balaban J connectivity index is 2.67. The van der Waals surface area contributed by atoms with Gasteiger partial charge in [-0.2, -0.15) is 0 Å².